The van der Waals surface area contributed by atoms with E-state index < -0.39 is 11.7 Å². The SMILES string of the molecule is O=C(Cc1cccc(C(F)(F)F)c1)c1cccc(-c2ccc3c(c2)CN=C3NC(=O)C2CC2)c1. The number of halogens is 3. The summed E-state index contributed by atoms with van der Waals surface area (Å²) in [5.41, 5.74) is 3.61. The average Bonchev–Trinajstić information content (AvgIpc) is 3.61. The number of amidine groups is 1. The molecule has 1 aliphatic heterocycles. The summed E-state index contributed by atoms with van der Waals surface area (Å²) in [6.45, 7) is 0.470. The van der Waals surface area contributed by atoms with Crippen LogP contribution in [0.15, 0.2) is 71.7 Å². The van der Waals surface area contributed by atoms with Gasteiger partial charge >= 0.3 is 6.18 Å². The Hall–Kier alpha value is -3.74. The lowest BCUT2D eigenvalue weighted by Crippen LogP contribution is -2.31. The number of hydrogen-bond acceptors (Lipinski definition) is 3. The first-order chi connectivity index (χ1) is 16.3. The van der Waals surface area contributed by atoms with E-state index in [1.54, 1.807) is 18.2 Å². The zero-order chi connectivity index (χ0) is 23.9. The van der Waals surface area contributed by atoms with Crippen molar-refractivity contribution in [3.8, 4) is 11.1 Å². The van der Waals surface area contributed by atoms with Crippen molar-refractivity contribution in [3.05, 3.63) is 94.5 Å². The molecule has 1 aliphatic carbocycles. The molecule has 0 aromatic heterocycles. The molecule has 0 saturated heterocycles. The lowest BCUT2D eigenvalue weighted by atomic mass is 9.96. The lowest BCUT2D eigenvalue weighted by molar-refractivity contribution is -0.137. The average molecular weight is 462 g/mol. The van der Waals surface area contributed by atoms with Crippen molar-refractivity contribution in [1.82, 2.24) is 5.32 Å². The molecule has 172 valence electrons. The molecule has 4 nitrogen and oxygen atoms in total. The van der Waals surface area contributed by atoms with Crippen LogP contribution < -0.4 is 5.32 Å². The fourth-order valence-corrected chi connectivity index (χ4v) is 4.07. The molecule has 0 atom stereocenters. The van der Waals surface area contributed by atoms with Crippen LogP contribution >= 0.6 is 0 Å². The molecule has 1 amide bonds. The molecule has 0 bridgehead atoms. The topological polar surface area (TPSA) is 58.5 Å². The number of carbonyl (C=O) groups is 2. The molecule has 5 rings (SSSR count). The fourth-order valence-electron chi connectivity index (χ4n) is 4.07. The van der Waals surface area contributed by atoms with Crippen molar-refractivity contribution in [3.63, 3.8) is 0 Å². The van der Waals surface area contributed by atoms with Gasteiger partial charge in [0.05, 0.1) is 12.1 Å². The third kappa shape index (κ3) is 4.64. The van der Waals surface area contributed by atoms with Gasteiger partial charge in [-0.15, -0.1) is 0 Å². The van der Waals surface area contributed by atoms with E-state index in [-0.39, 0.29) is 24.0 Å². The molecule has 0 unspecified atom stereocenters. The Balaban J connectivity index is 1.33. The summed E-state index contributed by atoms with van der Waals surface area (Å²) in [6, 6.07) is 17.7. The van der Waals surface area contributed by atoms with Crippen LogP contribution in [0, 0.1) is 5.92 Å². The van der Waals surface area contributed by atoms with Crippen LogP contribution in [0.1, 0.15) is 45.5 Å². The highest BCUT2D eigenvalue weighted by atomic mass is 19.4. The molecule has 3 aromatic carbocycles. The first-order valence-corrected chi connectivity index (χ1v) is 11.1. The van der Waals surface area contributed by atoms with Gasteiger partial charge < -0.3 is 5.32 Å². The smallest absolute Gasteiger partial charge is 0.310 e. The Morgan fingerprint density at radius 3 is 2.47 bits per heavy atom. The first kappa shape index (κ1) is 22.1. The van der Waals surface area contributed by atoms with Gasteiger partial charge in [0.1, 0.15) is 5.84 Å². The Morgan fingerprint density at radius 1 is 0.941 bits per heavy atom. The Labute approximate surface area is 194 Å². The Morgan fingerprint density at radius 2 is 1.71 bits per heavy atom. The van der Waals surface area contributed by atoms with Crippen LogP contribution in [-0.2, 0) is 23.9 Å². The lowest BCUT2D eigenvalue weighted by Gasteiger charge is -2.10. The van der Waals surface area contributed by atoms with Crippen molar-refractivity contribution in [1.29, 1.82) is 0 Å². The number of benzene rings is 3. The van der Waals surface area contributed by atoms with Crippen molar-refractivity contribution < 1.29 is 22.8 Å². The quantitative estimate of drug-likeness (QED) is 0.503. The fraction of sp³-hybridized carbons (Fsp3) is 0.222. The first-order valence-electron chi connectivity index (χ1n) is 11.1. The molecule has 3 aromatic rings. The van der Waals surface area contributed by atoms with Gasteiger partial charge in [0, 0.05) is 23.5 Å². The highest BCUT2D eigenvalue weighted by molar-refractivity contribution is 6.11. The van der Waals surface area contributed by atoms with Crippen molar-refractivity contribution in [2.75, 3.05) is 0 Å². The maximum atomic E-state index is 13.0. The highest BCUT2D eigenvalue weighted by Crippen LogP contribution is 2.31. The molecular weight excluding hydrogens is 441 g/mol. The number of alkyl halides is 3. The summed E-state index contributed by atoms with van der Waals surface area (Å²) in [7, 11) is 0. The number of Topliss-reactive ketones (excluding diaryl/α,β-unsaturated/α-hetero) is 1. The normalized spacial score (nSPS) is 15.0. The molecule has 1 fully saturated rings. The molecule has 2 aliphatic rings. The van der Waals surface area contributed by atoms with Crippen LogP contribution in [0.2, 0.25) is 0 Å². The van der Waals surface area contributed by atoms with Gasteiger partial charge in [0.15, 0.2) is 5.78 Å². The predicted octanol–water partition coefficient (Wildman–Crippen LogP) is 5.58. The maximum Gasteiger partial charge on any atom is 0.416 e. The third-order valence-corrected chi connectivity index (χ3v) is 6.09. The van der Waals surface area contributed by atoms with Crippen LogP contribution in [0.25, 0.3) is 11.1 Å². The number of nitrogens with zero attached hydrogens (tertiary/aromatic N) is 1. The van der Waals surface area contributed by atoms with Gasteiger partial charge in [-0.3, -0.25) is 14.6 Å². The summed E-state index contributed by atoms with van der Waals surface area (Å²) < 4.78 is 38.9. The maximum absolute atomic E-state index is 13.0. The van der Waals surface area contributed by atoms with Gasteiger partial charge in [-0.1, -0.05) is 48.5 Å². The number of aliphatic imine (C=N–C) groups is 1. The molecule has 1 N–H and O–H groups in total. The number of amides is 1. The zero-order valence-electron chi connectivity index (χ0n) is 18.2. The number of carbonyl (C=O) groups excluding carboxylic acids is 2. The van der Waals surface area contributed by atoms with E-state index in [1.807, 2.05) is 24.3 Å². The number of rotatable bonds is 5. The summed E-state index contributed by atoms with van der Waals surface area (Å²) >= 11 is 0. The van der Waals surface area contributed by atoms with E-state index in [1.165, 1.54) is 12.1 Å². The molecule has 0 radical (unpaired) electrons. The second kappa shape index (κ2) is 8.56. The number of ketones is 1. The molecule has 34 heavy (non-hydrogen) atoms. The zero-order valence-corrected chi connectivity index (χ0v) is 18.2. The summed E-state index contributed by atoms with van der Waals surface area (Å²) in [5.74, 6) is 0.462. The number of fused-ring (bicyclic) bond motifs is 1. The summed E-state index contributed by atoms with van der Waals surface area (Å²) in [6.07, 6.45) is -2.71. The van der Waals surface area contributed by atoms with Crippen molar-refractivity contribution >= 4 is 17.5 Å². The second-order valence-electron chi connectivity index (χ2n) is 8.68. The van der Waals surface area contributed by atoms with E-state index in [2.05, 4.69) is 10.3 Å². The van der Waals surface area contributed by atoms with Gasteiger partial charge in [-0.25, -0.2) is 0 Å². The summed E-state index contributed by atoms with van der Waals surface area (Å²) in [4.78, 5) is 29.3. The molecule has 1 saturated carbocycles. The van der Waals surface area contributed by atoms with Crippen LogP contribution in [0.3, 0.4) is 0 Å². The highest BCUT2D eigenvalue weighted by Gasteiger charge is 2.32. The minimum absolute atomic E-state index is 0.0164. The van der Waals surface area contributed by atoms with E-state index in [4.69, 9.17) is 0 Å². The monoisotopic (exact) mass is 462 g/mol. The molecular formula is C27H21F3N2O2. The van der Waals surface area contributed by atoms with Gasteiger partial charge in [-0.2, -0.15) is 13.2 Å². The van der Waals surface area contributed by atoms with Crippen LogP contribution in [0.4, 0.5) is 13.2 Å². The van der Waals surface area contributed by atoms with Crippen LogP contribution in [0.5, 0.6) is 0 Å². The number of nitrogens with one attached hydrogen (secondary N) is 1. The van der Waals surface area contributed by atoms with Crippen molar-refractivity contribution in [2.45, 2.75) is 32.0 Å². The molecule has 0 spiro atoms. The van der Waals surface area contributed by atoms with E-state index in [9.17, 15) is 22.8 Å². The minimum Gasteiger partial charge on any atom is -0.310 e. The largest absolute Gasteiger partial charge is 0.416 e. The predicted molar refractivity (Wildman–Crippen MR) is 122 cm³/mol. The van der Waals surface area contributed by atoms with Crippen LogP contribution in [-0.4, -0.2) is 17.5 Å². The second-order valence-corrected chi connectivity index (χ2v) is 8.68. The number of hydrogen-bond donors (Lipinski definition) is 1. The summed E-state index contributed by atoms with van der Waals surface area (Å²) in [5, 5.41) is 2.91. The van der Waals surface area contributed by atoms with Gasteiger partial charge in [-0.05, 0) is 53.3 Å². The molecule has 1 heterocycles. The minimum atomic E-state index is -4.45. The van der Waals surface area contributed by atoms with E-state index in [0.29, 0.717) is 23.5 Å². The van der Waals surface area contributed by atoms with Crippen molar-refractivity contribution in [2.24, 2.45) is 10.9 Å². The van der Waals surface area contributed by atoms with E-state index in [0.717, 1.165) is 47.2 Å². The van der Waals surface area contributed by atoms with E-state index >= 15 is 0 Å². The Bertz CT molecular complexity index is 1320. The third-order valence-electron chi connectivity index (χ3n) is 6.09. The van der Waals surface area contributed by atoms with Gasteiger partial charge in [0.25, 0.3) is 0 Å². The molecule has 7 heteroatoms. The standard InChI is InChI=1S/C27H21F3N2O2/c28-27(29,30)22-6-1-3-16(11-22)12-24(33)20-5-2-4-18(13-20)19-9-10-23-21(14-19)15-31-25(23)32-26(34)17-7-8-17/h1-6,9-11,13-14,17H,7-8,12,15H2,(H,31,32,34). The van der Waals surface area contributed by atoms with Gasteiger partial charge in [0.2, 0.25) is 5.91 Å². The Kier molecular flexibility index (Phi) is 5.55.